The molecule has 3 atom stereocenters. The summed E-state index contributed by atoms with van der Waals surface area (Å²) in [5.74, 6) is 2.88. The highest BCUT2D eigenvalue weighted by Gasteiger charge is 2.08. The van der Waals surface area contributed by atoms with E-state index in [9.17, 15) is 4.79 Å². The highest BCUT2D eigenvalue weighted by atomic mass is 16.7. The van der Waals surface area contributed by atoms with Crippen molar-refractivity contribution in [3.05, 3.63) is 59.7 Å². The van der Waals surface area contributed by atoms with Crippen LogP contribution in [-0.4, -0.2) is 25.3 Å². The minimum atomic E-state index is -0.130. The van der Waals surface area contributed by atoms with Gasteiger partial charge in [0, 0.05) is 13.0 Å². The van der Waals surface area contributed by atoms with Crippen molar-refractivity contribution in [2.75, 3.05) is 13.2 Å². The van der Waals surface area contributed by atoms with Crippen molar-refractivity contribution in [3.8, 4) is 11.5 Å². The summed E-state index contributed by atoms with van der Waals surface area (Å²) in [5, 5.41) is 0. The first-order valence-electron chi connectivity index (χ1n) is 11.9. The molecule has 0 aliphatic heterocycles. The van der Waals surface area contributed by atoms with E-state index in [0.29, 0.717) is 18.4 Å². The third-order valence-electron chi connectivity index (χ3n) is 5.52. The summed E-state index contributed by atoms with van der Waals surface area (Å²) in [5.41, 5.74) is 2.68. The van der Waals surface area contributed by atoms with Crippen LogP contribution in [0.2, 0.25) is 0 Å². The van der Waals surface area contributed by atoms with Gasteiger partial charge in [-0.05, 0) is 73.9 Å². The first-order chi connectivity index (χ1) is 15.3. The SMILES string of the molecule is CCC(C)c1ccc(OCC(C)=O)cc1.CCOC(CC)Oc1ccc(C(C)CC)cc1. The maximum Gasteiger partial charge on any atom is 0.199 e. The molecule has 0 bridgehead atoms. The van der Waals surface area contributed by atoms with Crippen molar-refractivity contribution < 1.29 is 19.0 Å². The molecule has 0 heterocycles. The number of hydrogen-bond acceptors (Lipinski definition) is 4. The zero-order valence-corrected chi connectivity index (χ0v) is 21.0. The number of benzene rings is 2. The largest absolute Gasteiger partial charge is 0.486 e. The zero-order valence-electron chi connectivity index (χ0n) is 21.0. The van der Waals surface area contributed by atoms with E-state index in [4.69, 9.17) is 14.2 Å². The molecule has 178 valence electrons. The second-order valence-electron chi connectivity index (χ2n) is 8.16. The molecule has 4 nitrogen and oxygen atoms in total. The molecular formula is C28H42O4. The van der Waals surface area contributed by atoms with Crippen molar-refractivity contribution in [3.63, 3.8) is 0 Å². The average Bonchev–Trinajstić information content (AvgIpc) is 2.82. The molecule has 2 rings (SSSR count). The van der Waals surface area contributed by atoms with Crippen LogP contribution in [0.1, 0.15) is 90.7 Å². The van der Waals surface area contributed by atoms with Gasteiger partial charge < -0.3 is 14.2 Å². The number of hydrogen-bond donors (Lipinski definition) is 0. The lowest BCUT2D eigenvalue weighted by molar-refractivity contribution is -0.118. The van der Waals surface area contributed by atoms with E-state index in [0.717, 1.165) is 30.8 Å². The molecule has 0 saturated heterocycles. The maximum absolute atomic E-state index is 10.7. The van der Waals surface area contributed by atoms with Gasteiger partial charge in [-0.25, -0.2) is 0 Å². The fourth-order valence-corrected chi connectivity index (χ4v) is 3.00. The highest BCUT2D eigenvalue weighted by molar-refractivity contribution is 5.77. The normalized spacial score (nSPS) is 13.3. The summed E-state index contributed by atoms with van der Waals surface area (Å²) >= 11 is 0. The van der Waals surface area contributed by atoms with Crippen LogP contribution in [0.3, 0.4) is 0 Å². The Morgan fingerprint density at radius 3 is 1.59 bits per heavy atom. The van der Waals surface area contributed by atoms with E-state index < -0.39 is 0 Å². The summed E-state index contributed by atoms with van der Waals surface area (Å²) in [7, 11) is 0. The fraction of sp³-hybridized carbons (Fsp3) is 0.536. The van der Waals surface area contributed by atoms with E-state index in [2.05, 4.69) is 58.9 Å². The Bertz CT molecular complexity index is 752. The Labute approximate surface area is 195 Å². The third-order valence-corrected chi connectivity index (χ3v) is 5.52. The Balaban J connectivity index is 0.000000323. The summed E-state index contributed by atoms with van der Waals surface area (Å²) in [6.45, 7) is 15.2. The van der Waals surface area contributed by atoms with E-state index in [1.165, 1.54) is 18.1 Å². The Kier molecular flexibility index (Phi) is 13.4. The van der Waals surface area contributed by atoms with E-state index in [1.807, 2.05) is 31.2 Å². The van der Waals surface area contributed by atoms with Crippen molar-refractivity contribution in [2.24, 2.45) is 0 Å². The smallest absolute Gasteiger partial charge is 0.199 e. The quantitative estimate of drug-likeness (QED) is 0.319. The standard InChI is InChI=1S/C15H24O2.C13H18O2/c1-5-12(4)13-8-10-14(11-9-13)17-15(6-2)16-7-3;1-4-10(2)12-5-7-13(8-6-12)15-9-11(3)14/h8-12,15H,5-7H2,1-4H3;5-8,10H,4,9H2,1-3H3. The topological polar surface area (TPSA) is 44.8 Å². The van der Waals surface area contributed by atoms with Crippen LogP contribution >= 0.6 is 0 Å². The van der Waals surface area contributed by atoms with Gasteiger partial charge in [-0.2, -0.15) is 0 Å². The molecule has 0 saturated carbocycles. The second kappa shape index (κ2) is 15.5. The molecule has 0 aliphatic carbocycles. The predicted octanol–water partition coefficient (Wildman–Crippen LogP) is 7.52. The molecule has 3 unspecified atom stereocenters. The van der Waals surface area contributed by atoms with Crippen LogP contribution in [0.15, 0.2) is 48.5 Å². The monoisotopic (exact) mass is 442 g/mol. The second-order valence-corrected chi connectivity index (χ2v) is 8.16. The first-order valence-corrected chi connectivity index (χ1v) is 11.9. The summed E-state index contributed by atoms with van der Waals surface area (Å²) in [6, 6.07) is 16.3. The molecular weight excluding hydrogens is 400 g/mol. The molecule has 32 heavy (non-hydrogen) atoms. The Morgan fingerprint density at radius 1 is 0.750 bits per heavy atom. The maximum atomic E-state index is 10.7. The molecule has 0 radical (unpaired) electrons. The molecule has 2 aromatic carbocycles. The van der Waals surface area contributed by atoms with E-state index in [-0.39, 0.29) is 18.7 Å². The lowest BCUT2D eigenvalue weighted by Crippen LogP contribution is -2.19. The lowest BCUT2D eigenvalue weighted by atomic mass is 9.99. The van der Waals surface area contributed by atoms with E-state index in [1.54, 1.807) is 0 Å². The molecule has 0 aromatic heterocycles. The zero-order chi connectivity index (χ0) is 23.9. The molecule has 0 spiro atoms. The van der Waals surface area contributed by atoms with E-state index >= 15 is 0 Å². The molecule has 2 aromatic rings. The van der Waals surface area contributed by atoms with Crippen LogP contribution in [-0.2, 0) is 9.53 Å². The molecule has 0 N–H and O–H groups in total. The Hall–Kier alpha value is -2.33. The van der Waals surface area contributed by atoms with Crippen LogP contribution < -0.4 is 9.47 Å². The average molecular weight is 443 g/mol. The predicted molar refractivity (Wildman–Crippen MR) is 133 cm³/mol. The van der Waals surface area contributed by atoms with Crippen LogP contribution in [0, 0.1) is 0 Å². The van der Waals surface area contributed by atoms with Gasteiger partial charge in [-0.15, -0.1) is 0 Å². The molecule has 0 amide bonds. The minimum Gasteiger partial charge on any atom is -0.486 e. The Morgan fingerprint density at radius 2 is 1.22 bits per heavy atom. The van der Waals surface area contributed by atoms with Crippen LogP contribution in [0.4, 0.5) is 0 Å². The molecule has 0 fully saturated rings. The molecule has 4 heteroatoms. The van der Waals surface area contributed by atoms with Crippen LogP contribution in [0.25, 0.3) is 0 Å². The van der Waals surface area contributed by atoms with Gasteiger partial charge >= 0.3 is 0 Å². The van der Waals surface area contributed by atoms with Gasteiger partial charge in [-0.1, -0.05) is 58.9 Å². The number of carbonyl (C=O) groups is 1. The number of Topliss-reactive ketones (excluding diaryl/α,β-unsaturated/α-hetero) is 1. The summed E-state index contributed by atoms with van der Waals surface area (Å²) in [4.78, 5) is 10.7. The fourth-order valence-electron chi connectivity index (χ4n) is 3.00. The van der Waals surface area contributed by atoms with Crippen molar-refractivity contribution in [2.45, 2.75) is 85.9 Å². The van der Waals surface area contributed by atoms with Crippen molar-refractivity contribution >= 4 is 5.78 Å². The van der Waals surface area contributed by atoms with Gasteiger partial charge in [0.2, 0.25) is 0 Å². The van der Waals surface area contributed by atoms with Gasteiger partial charge in [0.1, 0.15) is 18.1 Å². The molecule has 0 aliphatic rings. The lowest BCUT2D eigenvalue weighted by Gasteiger charge is -2.17. The van der Waals surface area contributed by atoms with Crippen molar-refractivity contribution in [1.82, 2.24) is 0 Å². The number of rotatable bonds is 12. The number of ether oxygens (including phenoxy) is 3. The van der Waals surface area contributed by atoms with Gasteiger partial charge in [0.05, 0.1) is 0 Å². The number of carbonyl (C=O) groups excluding carboxylic acids is 1. The van der Waals surface area contributed by atoms with Crippen molar-refractivity contribution in [1.29, 1.82) is 0 Å². The highest BCUT2D eigenvalue weighted by Crippen LogP contribution is 2.23. The first kappa shape index (κ1) is 27.7. The van der Waals surface area contributed by atoms with Gasteiger partial charge in [0.15, 0.2) is 12.1 Å². The third kappa shape index (κ3) is 10.3. The van der Waals surface area contributed by atoms with Gasteiger partial charge in [0.25, 0.3) is 0 Å². The van der Waals surface area contributed by atoms with Gasteiger partial charge in [-0.3, -0.25) is 4.79 Å². The number of ketones is 1. The van der Waals surface area contributed by atoms with Crippen LogP contribution in [0.5, 0.6) is 11.5 Å². The summed E-state index contributed by atoms with van der Waals surface area (Å²) in [6.07, 6.45) is 3.03. The summed E-state index contributed by atoms with van der Waals surface area (Å²) < 4.78 is 16.5. The minimum absolute atomic E-state index is 0.0426.